The first-order valence-electron chi connectivity index (χ1n) is 7.56. The molecule has 1 aliphatic heterocycles. The molecule has 0 atom stereocenters. The number of hydrogen-bond donors (Lipinski definition) is 0. The summed E-state index contributed by atoms with van der Waals surface area (Å²) >= 11 is 0. The molecule has 0 N–H and O–H groups in total. The van der Waals surface area contributed by atoms with Crippen molar-refractivity contribution in [2.75, 3.05) is 20.7 Å². The average Bonchev–Trinajstić information content (AvgIpc) is 2.44. The Morgan fingerprint density at radius 1 is 1.41 bits per heavy atom. The van der Waals surface area contributed by atoms with Crippen molar-refractivity contribution in [2.24, 2.45) is 5.92 Å². The van der Waals surface area contributed by atoms with Gasteiger partial charge in [-0.3, -0.25) is 14.9 Å². The van der Waals surface area contributed by atoms with Crippen LogP contribution in [-0.2, 0) is 22.5 Å². The summed E-state index contributed by atoms with van der Waals surface area (Å²) < 4.78 is 4.77. The van der Waals surface area contributed by atoms with Gasteiger partial charge in [0.2, 0.25) is 0 Å². The summed E-state index contributed by atoms with van der Waals surface area (Å²) in [5.74, 6) is 0.00705. The summed E-state index contributed by atoms with van der Waals surface area (Å²) in [6, 6.07) is 3.41. The van der Waals surface area contributed by atoms with E-state index in [1.165, 1.54) is 12.7 Å². The molecular formula is C16H20N2O4. The smallest absolute Gasteiger partial charge is 0.308 e. The first-order valence-corrected chi connectivity index (χ1v) is 7.56. The standard InChI is InChI=1S/C16H20N2O4/c1-17-4-3-14-12(9-17)7-13(18(20)21)8-15(14)10-5-11(6-10)16(19)22-2/h7-8,10-11H,3-6,9H2,1-2H3. The summed E-state index contributed by atoms with van der Waals surface area (Å²) in [5.41, 5.74) is 3.53. The number of ether oxygens (including phenoxy) is 1. The minimum Gasteiger partial charge on any atom is -0.469 e. The van der Waals surface area contributed by atoms with Crippen LogP contribution in [0.4, 0.5) is 5.69 Å². The van der Waals surface area contributed by atoms with Crippen molar-refractivity contribution >= 4 is 11.7 Å². The van der Waals surface area contributed by atoms with Crippen LogP contribution >= 0.6 is 0 Å². The summed E-state index contributed by atoms with van der Waals surface area (Å²) in [5, 5.41) is 11.2. The van der Waals surface area contributed by atoms with Gasteiger partial charge in [0.05, 0.1) is 18.0 Å². The number of likely N-dealkylation sites (N-methyl/N-ethyl adjacent to an activating group) is 1. The second-order valence-electron chi connectivity index (χ2n) is 6.31. The van der Waals surface area contributed by atoms with Gasteiger partial charge in [0.1, 0.15) is 0 Å². The van der Waals surface area contributed by atoms with E-state index in [0.717, 1.165) is 43.5 Å². The number of esters is 1. The fourth-order valence-electron chi connectivity index (χ4n) is 3.56. The molecule has 22 heavy (non-hydrogen) atoms. The van der Waals surface area contributed by atoms with E-state index in [1.807, 2.05) is 7.05 Å². The van der Waals surface area contributed by atoms with Gasteiger partial charge < -0.3 is 9.64 Å². The Balaban J connectivity index is 1.90. The second kappa shape index (κ2) is 5.68. The van der Waals surface area contributed by atoms with E-state index >= 15 is 0 Å². The molecule has 2 aliphatic rings. The van der Waals surface area contributed by atoms with E-state index in [2.05, 4.69) is 4.90 Å². The molecule has 118 valence electrons. The van der Waals surface area contributed by atoms with E-state index in [1.54, 1.807) is 12.1 Å². The van der Waals surface area contributed by atoms with Crippen molar-refractivity contribution < 1.29 is 14.5 Å². The predicted octanol–water partition coefficient (Wildman–Crippen LogP) is 2.25. The highest BCUT2D eigenvalue weighted by Crippen LogP contribution is 2.45. The fraction of sp³-hybridized carbons (Fsp3) is 0.562. The van der Waals surface area contributed by atoms with Crippen molar-refractivity contribution in [2.45, 2.75) is 31.7 Å². The molecule has 6 heteroatoms. The van der Waals surface area contributed by atoms with Crippen LogP contribution < -0.4 is 0 Å². The molecule has 0 aromatic heterocycles. The molecule has 0 radical (unpaired) electrons. The predicted molar refractivity (Wildman–Crippen MR) is 80.6 cm³/mol. The zero-order valence-corrected chi connectivity index (χ0v) is 12.9. The largest absolute Gasteiger partial charge is 0.469 e. The number of rotatable bonds is 3. The van der Waals surface area contributed by atoms with Crippen LogP contribution in [0.1, 0.15) is 35.4 Å². The van der Waals surface area contributed by atoms with Gasteiger partial charge in [0.15, 0.2) is 0 Å². The SMILES string of the molecule is COC(=O)C1CC(c2cc([N+](=O)[O-])cc3c2CCN(C)C3)C1. The Morgan fingerprint density at radius 2 is 2.14 bits per heavy atom. The monoisotopic (exact) mass is 304 g/mol. The third kappa shape index (κ3) is 2.59. The van der Waals surface area contributed by atoms with Crippen LogP contribution in [-0.4, -0.2) is 36.5 Å². The molecule has 1 fully saturated rings. The first kappa shape index (κ1) is 15.0. The van der Waals surface area contributed by atoms with Gasteiger partial charge in [0, 0.05) is 25.2 Å². The number of methoxy groups -OCH3 is 1. The van der Waals surface area contributed by atoms with E-state index < -0.39 is 0 Å². The van der Waals surface area contributed by atoms with Gasteiger partial charge in [-0.05, 0) is 48.9 Å². The number of nitro groups is 1. The highest BCUT2D eigenvalue weighted by atomic mass is 16.6. The van der Waals surface area contributed by atoms with Gasteiger partial charge in [-0.25, -0.2) is 0 Å². The molecule has 1 heterocycles. The number of nitrogens with zero attached hydrogens (tertiary/aromatic N) is 2. The maximum absolute atomic E-state index is 11.5. The van der Waals surface area contributed by atoms with Gasteiger partial charge in [0.25, 0.3) is 5.69 Å². The minimum absolute atomic E-state index is 0.0591. The molecule has 0 spiro atoms. The van der Waals surface area contributed by atoms with Crippen LogP contribution in [0.5, 0.6) is 0 Å². The Morgan fingerprint density at radius 3 is 2.77 bits per heavy atom. The third-order valence-electron chi connectivity index (χ3n) is 4.87. The third-order valence-corrected chi connectivity index (χ3v) is 4.87. The highest BCUT2D eigenvalue weighted by molar-refractivity contribution is 5.74. The maximum Gasteiger partial charge on any atom is 0.308 e. The lowest BCUT2D eigenvalue weighted by molar-refractivity contribution is -0.385. The van der Waals surface area contributed by atoms with Crippen molar-refractivity contribution in [3.05, 3.63) is 38.9 Å². The van der Waals surface area contributed by atoms with Crippen molar-refractivity contribution in [3.8, 4) is 0 Å². The molecule has 0 amide bonds. The van der Waals surface area contributed by atoms with Gasteiger partial charge in [-0.1, -0.05) is 0 Å². The highest BCUT2D eigenvalue weighted by Gasteiger charge is 2.38. The lowest BCUT2D eigenvalue weighted by atomic mass is 9.69. The van der Waals surface area contributed by atoms with Crippen molar-refractivity contribution in [3.63, 3.8) is 0 Å². The van der Waals surface area contributed by atoms with Crippen LogP contribution in [0.2, 0.25) is 0 Å². The minimum atomic E-state index is -0.325. The molecule has 3 rings (SSSR count). The maximum atomic E-state index is 11.5. The Kier molecular flexibility index (Phi) is 3.87. The number of hydrogen-bond acceptors (Lipinski definition) is 5. The van der Waals surface area contributed by atoms with Crippen LogP contribution in [0.25, 0.3) is 0 Å². The van der Waals surface area contributed by atoms with Crippen LogP contribution in [0.15, 0.2) is 12.1 Å². The quantitative estimate of drug-likeness (QED) is 0.486. The molecule has 1 aromatic rings. The molecule has 6 nitrogen and oxygen atoms in total. The Labute approximate surface area is 129 Å². The van der Waals surface area contributed by atoms with Gasteiger partial charge in [-0.15, -0.1) is 0 Å². The van der Waals surface area contributed by atoms with E-state index in [4.69, 9.17) is 4.74 Å². The zero-order chi connectivity index (χ0) is 15.9. The molecule has 0 saturated heterocycles. The van der Waals surface area contributed by atoms with E-state index in [-0.39, 0.29) is 28.4 Å². The first-order chi connectivity index (χ1) is 10.5. The fourth-order valence-corrected chi connectivity index (χ4v) is 3.56. The van der Waals surface area contributed by atoms with Crippen LogP contribution in [0.3, 0.4) is 0 Å². The number of non-ortho nitro benzene ring substituents is 1. The number of benzene rings is 1. The number of nitro benzene ring substituents is 1. The molecular weight excluding hydrogens is 284 g/mol. The van der Waals surface area contributed by atoms with Crippen LogP contribution in [0, 0.1) is 16.0 Å². The molecule has 0 bridgehead atoms. The van der Waals surface area contributed by atoms with Crippen molar-refractivity contribution in [1.82, 2.24) is 4.90 Å². The average molecular weight is 304 g/mol. The number of fused-ring (bicyclic) bond motifs is 1. The lowest BCUT2D eigenvalue weighted by Crippen LogP contribution is -2.32. The molecule has 1 aromatic carbocycles. The van der Waals surface area contributed by atoms with Gasteiger partial charge >= 0.3 is 5.97 Å². The topological polar surface area (TPSA) is 72.7 Å². The van der Waals surface area contributed by atoms with Gasteiger partial charge in [-0.2, -0.15) is 0 Å². The second-order valence-corrected chi connectivity index (χ2v) is 6.31. The zero-order valence-electron chi connectivity index (χ0n) is 12.9. The number of carbonyl (C=O) groups excluding carboxylic acids is 1. The Hall–Kier alpha value is -1.95. The van der Waals surface area contributed by atoms with E-state index in [0.29, 0.717) is 0 Å². The normalized spacial score (nSPS) is 24.3. The van der Waals surface area contributed by atoms with Crippen molar-refractivity contribution in [1.29, 1.82) is 0 Å². The van der Waals surface area contributed by atoms with E-state index in [9.17, 15) is 14.9 Å². The summed E-state index contributed by atoms with van der Waals surface area (Å²) in [6.45, 7) is 1.71. The Bertz CT molecular complexity index is 623. The summed E-state index contributed by atoms with van der Waals surface area (Å²) in [4.78, 5) is 24.6. The summed E-state index contributed by atoms with van der Waals surface area (Å²) in [6.07, 6.45) is 2.38. The lowest BCUT2D eigenvalue weighted by Gasteiger charge is -2.36. The molecule has 0 unspecified atom stereocenters. The molecule has 1 saturated carbocycles. The molecule has 1 aliphatic carbocycles. The summed E-state index contributed by atoms with van der Waals surface area (Å²) in [7, 11) is 3.43. The number of carbonyl (C=O) groups is 1.